The van der Waals surface area contributed by atoms with E-state index in [4.69, 9.17) is 5.73 Å². The van der Waals surface area contributed by atoms with Gasteiger partial charge in [0, 0.05) is 12.2 Å². The van der Waals surface area contributed by atoms with Gasteiger partial charge in [-0.25, -0.2) is 4.98 Å². The molecule has 0 saturated heterocycles. The monoisotopic (exact) mass is 205 g/mol. The highest BCUT2D eigenvalue weighted by atomic mass is 15.0. The molecular formula is C12H19N3. The maximum absolute atomic E-state index is 5.80. The second-order valence-corrected chi connectivity index (χ2v) is 4.27. The van der Waals surface area contributed by atoms with Gasteiger partial charge in [-0.05, 0) is 25.0 Å². The van der Waals surface area contributed by atoms with Crippen molar-refractivity contribution in [1.29, 1.82) is 0 Å². The van der Waals surface area contributed by atoms with E-state index in [0.29, 0.717) is 11.9 Å². The van der Waals surface area contributed by atoms with Crippen molar-refractivity contribution >= 4 is 11.5 Å². The molecule has 0 atom stereocenters. The molecule has 0 amide bonds. The molecule has 82 valence electrons. The molecule has 3 N–H and O–H groups in total. The number of pyridine rings is 1. The van der Waals surface area contributed by atoms with E-state index >= 15 is 0 Å². The van der Waals surface area contributed by atoms with Crippen LogP contribution in [-0.2, 0) is 0 Å². The van der Waals surface area contributed by atoms with Crippen LogP contribution in [0.4, 0.5) is 11.5 Å². The lowest BCUT2D eigenvalue weighted by Gasteiger charge is -2.18. The molecule has 1 saturated carbocycles. The Kier molecular flexibility index (Phi) is 3.43. The zero-order valence-corrected chi connectivity index (χ0v) is 9.08. The van der Waals surface area contributed by atoms with Gasteiger partial charge < -0.3 is 11.1 Å². The number of aromatic nitrogens is 1. The lowest BCUT2D eigenvalue weighted by Crippen LogP contribution is -2.19. The third-order valence-corrected chi connectivity index (χ3v) is 3.05. The summed E-state index contributed by atoms with van der Waals surface area (Å²) < 4.78 is 0. The maximum atomic E-state index is 5.80. The minimum absolute atomic E-state index is 0.582. The Bertz CT molecular complexity index is 303. The zero-order valence-electron chi connectivity index (χ0n) is 9.08. The molecule has 1 fully saturated rings. The number of nitrogens with two attached hydrogens (primary N) is 1. The number of nitrogens with zero attached hydrogens (tertiary/aromatic N) is 1. The SMILES string of the molecule is Nc1ncccc1NC1CCCCCC1. The molecule has 15 heavy (non-hydrogen) atoms. The third-order valence-electron chi connectivity index (χ3n) is 3.05. The minimum atomic E-state index is 0.582. The van der Waals surface area contributed by atoms with E-state index in [-0.39, 0.29) is 0 Å². The molecule has 1 aliphatic carbocycles. The smallest absolute Gasteiger partial charge is 0.146 e. The molecule has 0 radical (unpaired) electrons. The van der Waals surface area contributed by atoms with Crippen molar-refractivity contribution in [3.05, 3.63) is 18.3 Å². The fourth-order valence-electron chi connectivity index (χ4n) is 2.18. The average molecular weight is 205 g/mol. The normalized spacial score (nSPS) is 18.4. The molecule has 1 aliphatic rings. The average Bonchev–Trinajstić information content (AvgIpc) is 2.50. The van der Waals surface area contributed by atoms with Crippen LogP contribution in [0.25, 0.3) is 0 Å². The van der Waals surface area contributed by atoms with Crippen molar-refractivity contribution in [2.45, 2.75) is 44.6 Å². The summed E-state index contributed by atoms with van der Waals surface area (Å²) in [5.74, 6) is 0.613. The van der Waals surface area contributed by atoms with Crippen molar-refractivity contribution in [3.63, 3.8) is 0 Å². The predicted octanol–water partition coefficient (Wildman–Crippen LogP) is 2.80. The van der Waals surface area contributed by atoms with E-state index in [1.54, 1.807) is 6.20 Å². The van der Waals surface area contributed by atoms with Gasteiger partial charge in [-0.3, -0.25) is 0 Å². The van der Waals surface area contributed by atoms with E-state index in [9.17, 15) is 0 Å². The standard InChI is InChI=1S/C12H19N3/c13-12-11(8-5-9-14-12)15-10-6-3-1-2-4-7-10/h5,8-10,15H,1-4,6-7H2,(H2,13,14). The van der Waals surface area contributed by atoms with Crippen molar-refractivity contribution in [2.24, 2.45) is 0 Å². The van der Waals surface area contributed by atoms with Gasteiger partial charge in [0.05, 0.1) is 5.69 Å². The first-order chi connectivity index (χ1) is 7.36. The molecule has 1 aromatic heterocycles. The molecule has 1 heterocycles. The summed E-state index contributed by atoms with van der Waals surface area (Å²) >= 11 is 0. The van der Waals surface area contributed by atoms with Crippen molar-refractivity contribution < 1.29 is 0 Å². The Morgan fingerprint density at radius 1 is 1.20 bits per heavy atom. The van der Waals surface area contributed by atoms with E-state index in [1.165, 1.54) is 38.5 Å². The van der Waals surface area contributed by atoms with Crippen LogP contribution in [0.2, 0.25) is 0 Å². The van der Waals surface area contributed by atoms with E-state index in [1.807, 2.05) is 12.1 Å². The molecule has 0 bridgehead atoms. The summed E-state index contributed by atoms with van der Waals surface area (Å²) in [6.45, 7) is 0. The van der Waals surface area contributed by atoms with E-state index < -0.39 is 0 Å². The predicted molar refractivity (Wildman–Crippen MR) is 63.8 cm³/mol. The zero-order chi connectivity index (χ0) is 10.5. The van der Waals surface area contributed by atoms with E-state index in [2.05, 4.69) is 10.3 Å². The van der Waals surface area contributed by atoms with Gasteiger partial charge in [0.2, 0.25) is 0 Å². The summed E-state index contributed by atoms with van der Waals surface area (Å²) in [7, 11) is 0. The Morgan fingerprint density at radius 2 is 1.93 bits per heavy atom. The van der Waals surface area contributed by atoms with Gasteiger partial charge in [0.1, 0.15) is 5.82 Å². The van der Waals surface area contributed by atoms with Gasteiger partial charge in [0.25, 0.3) is 0 Å². The van der Waals surface area contributed by atoms with Crippen LogP contribution < -0.4 is 11.1 Å². The van der Waals surface area contributed by atoms with Gasteiger partial charge in [0.15, 0.2) is 0 Å². The molecule has 3 heteroatoms. The fraction of sp³-hybridized carbons (Fsp3) is 0.583. The number of nitrogen functional groups attached to an aromatic ring is 1. The first-order valence-corrected chi connectivity index (χ1v) is 5.83. The summed E-state index contributed by atoms with van der Waals surface area (Å²) in [6, 6.07) is 4.52. The second kappa shape index (κ2) is 5.01. The van der Waals surface area contributed by atoms with Gasteiger partial charge in [-0.15, -0.1) is 0 Å². The second-order valence-electron chi connectivity index (χ2n) is 4.27. The first-order valence-electron chi connectivity index (χ1n) is 5.83. The summed E-state index contributed by atoms with van der Waals surface area (Å²) in [6.07, 6.45) is 9.66. The highest BCUT2D eigenvalue weighted by Crippen LogP contribution is 2.22. The fourth-order valence-corrected chi connectivity index (χ4v) is 2.18. The van der Waals surface area contributed by atoms with Crippen molar-refractivity contribution in [3.8, 4) is 0 Å². The minimum Gasteiger partial charge on any atom is -0.382 e. The number of rotatable bonds is 2. The number of anilines is 2. The maximum Gasteiger partial charge on any atom is 0.146 e. The molecule has 0 unspecified atom stereocenters. The van der Waals surface area contributed by atoms with E-state index in [0.717, 1.165) is 5.69 Å². The lowest BCUT2D eigenvalue weighted by molar-refractivity contribution is 0.620. The van der Waals surface area contributed by atoms with Crippen molar-refractivity contribution in [1.82, 2.24) is 4.98 Å². The highest BCUT2D eigenvalue weighted by Gasteiger charge is 2.12. The van der Waals surface area contributed by atoms with Crippen LogP contribution in [0.5, 0.6) is 0 Å². The van der Waals surface area contributed by atoms with Gasteiger partial charge in [-0.2, -0.15) is 0 Å². The highest BCUT2D eigenvalue weighted by molar-refractivity contribution is 5.61. The molecular weight excluding hydrogens is 186 g/mol. The Hall–Kier alpha value is -1.25. The summed E-state index contributed by atoms with van der Waals surface area (Å²) in [5.41, 5.74) is 6.79. The third kappa shape index (κ3) is 2.85. The summed E-state index contributed by atoms with van der Waals surface area (Å²) in [4.78, 5) is 4.08. The molecule has 0 aromatic carbocycles. The van der Waals surface area contributed by atoms with Crippen LogP contribution in [0.3, 0.4) is 0 Å². The van der Waals surface area contributed by atoms with Gasteiger partial charge in [-0.1, -0.05) is 25.7 Å². The Balaban J connectivity index is 1.98. The quantitative estimate of drug-likeness (QED) is 0.730. The van der Waals surface area contributed by atoms with Crippen LogP contribution in [0.1, 0.15) is 38.5 Å². The summed E-state index contributed by atoms with van der Waals surface area (Å²) in [5, 5.41) is 3.50. The van der Waals surface area contributed by atoms with Crippen LogP contribution in [0.15, 0.2) is 18.3 Å². The molecule has 0 aliphatic heterocycles. The molecule has 1 aromatic rings. The van der Waals surface area contributed by atoms with Crippen LogP contribution in [-0.4, -0.2) is 11.0 Å². The number of nitrogens with one attached hydrogen (secondary N) is 1. The molecule has 3 nitrogen and oxygen atoms in total. The number of hydrogen-bond donors (Lipinski definition) is 2. The molecule has 0 spiro atoms. The molecule has 2 rings (SSSR count). The topological polar surface area (TPSA) is 50.9 Å². The largest absolute Gasteiger partial charge is 0.382 e. The number of hydrogen-bond acceptors (Lipinski definition) is 3. The van der Waals surface area contributed by atoms with Crippen molar-refractivity contribution in [2.75, 3.05) is 11.1 Å². The van der Waals surface area contributed by atoms with Gasteiger partial charge >= 0.3 is 0 Å². The Morgan fingerprint density at radius 3 is 2.60 bits per heavy atom. The lowest BCUT2D eigenvalue weighted by atomic mass is 10.1. The van der Waals surface area contributed by atoms with Crippen LogP contribution in [0, 0.1) is 0 Å². The van der Waals surface area contributed by atoms with Crippen LogP contribution >= 0.6 is 0 Å². The Labute approximate surface area is 91.1 Å². The first kappa shape index (κ1) is 10.3.